The monoisotopic (exact) mass is 621 g/mol. The van der Waals surface area contributed by atoms with Crippen LogP contribution in [0, 0.1) is 0 Å². The van der Waals surface area contributed by atoms with Gasteiger partial charge in [-0.25, -0.2) is 13.5 Å². The molecule has 1 atom stereocenters. The van der Waals surface area contributed by atoms with Crippen molar-refractivity contribution in [1.29, 1.82) is 0 Å². The highest BCUT2D eigenvalue weighted by molar-refractivity contribution is 8.14. The minimum absolute atomic E-state index is 0.0199. The van der Waals surface area contributed by atoms with Gasteiger partial charge in [-0.15, -0.1) is 0 Å². The number of rotatable bonds is 13. The fourth-order valence-corrected chi connectivity index (χ4v) is 5.81. The number of carbonyl (C=O) groups excluding carboxylic acids is 2. The molecule has 3 heterocycles. The van der Waals surface area contributed by atoms with Crippen LogP contribution in [-0.4, -0.2) is 46.3 Å². The first-order valence-corrected chi connectivity index (χ1v) is 16.2. The van der Waals surface area contributed by atoms with E-state index in [-0.39, 0.29) is 41.6 Å². The molecule has 0 saturated heterocycles. The highest BCUT2D eigenvalue weighted by Crippen LogP contribution is 2.44. The quantitative estimate of drug-likeness (QED) is 0.174. The molecule has 236 valence electrons. The van der Waals surface area contributed by atoms with Gasteiger partial charge in [0.15, 0.2) is 17.1 Å². The average Bonchev–Trinajstić information content (AvgIpc) is 3.34. The molecule has 13 heteroatoms. The zero-order valence-corrected chi connectivity index (χ0v) is 26.5. The van der Waals surface area contributed by atoms with Crippen LogP contribution in [0.25, 0.3) is 0 Å². The van der Waals surface area contributed by atoms with Gasteiger partial charge in [-0.1, -0.05) is 27.2 Å². The number of alkyl halides is 2. The second-order valence-electron chi connectivity index (χ2n) is 11.3. The van der Waals surface area contributed by atoms with Crippen LogP contribution < -0.4 is 10.1 Å². The summed E-state index contributed by atoms with van der Waals surface area (Å²) in [7, 11) is -3.15. The van der Waals surface area contributed by atoms with Gasteiger partial charge in [-0.05, 0) is 56.2 Å². The summed E-state index contributed by atoms with van der Waals surface area (Å²) >= 11 is 0. The lowest BCUT2D eigenvalue weighted by Gasteiger charge is -2.26. The molecule has 0 aliphatic rings. The minimum atomic E-state index is -3.31. The number of aliphatic hydroxyl groups excluding tert-OH is 1. The first-order chi connectivity index (χ1) is 20.1. The zero-order chi connectivity index (χ0) is 32.2. The Balaban J connectivity index is 2.01. The lowest BCUT2D eigenvalue weighted by atomic mass is 9.96. The Morgan fingerprint density at radius 1 is 1.19 bits per heavy atom. The number of ether oxygens (including phenoxy) is 1. The number of nitrogens with zero attached hydrogens (tertiary/aromatic N) is 4. The summed E-state index contributed by atoms with van der Waals surface area (Å²) in [6, 6.07) is 3.15. The lowest BCUT2D eigenvalue weighted by molar-refractivity contribution is -0.0187. The fourth-order valence-electron chi connectivity index (χ4n) is 4.60. The summed E-state index contributed by atoms with van der Waals surface area (Å²) < 4.78 is 51.2. The molecule has 3 rings (SSSR count). The van der Waals surface area contributed by atoms with Crippen LogP contribution in [-0.2, 0) is 39.2 Å². The molecule has 0 aromatic carbocycles. The van der Waals surface area contributed by atoms with Gasteiger partial charge in [0.05, 0.1) is 35.6 Å². The third-order valence-electron chi connectivity index (χ3n) is 6.98. The molecule has 3 aromatic heterocycles. The van der Waals surface area contributed by atoms with Gasteiger partial charge >= 0.3 is 0 Å². The van der Waals surface area contributed by atoms with Gasteiger partial charge < -0.3 is 15.2 Å². The smallest absolute Gasteiger partial charge is 0.277 e. The summed E-state index contributed by atoms with van der Waals surface area (Å²) in [6.07, 6.45) is 2.58. The summed E-state index contributed by atoms with van der Waals surface area (Å²) in [5.41, 5.74) is 0.191. The van der Waals surface area contributed by atoms with Crippen LogP contribution in [0.3, 0.4) is 0 Å². The Labute approximate surface area is 251 Å². The van der Waals surface area contributed by atoms with Gasteiger partial charge in [-0.3, -0.25) is 23.8 Å². The van der Waals surface area contributed by atoms with Crippen molar-refractivity contribution in [3.05, 3.63) is 58.8 Å². The molecule has 0 radical (unpaired) electrons. The number of aromatic nitrogens is 4. The van der Waals surface area contributed by atoms with Gasteiger partial charge in [0, 0.05) is 40.6 Å². The number of pyridine rings is 2. The van der Waals surface area contributed by atoms with Crippen molar-refractivity contribution < 1.29 is 32.4 Å². The number of amides is 1. The van der Waals surface area contributed by atoms with E-state index in [1.54, 1.807) is 32.9 Å². The van der Waals surface area contributed by atoms with E-state index in [2.05, 4.69) is 20.4 Å². The number of hydrogen-bond donors (Lipinski definition) is 3. The third kappa shape index (κ3) is 7.32. The molecule has 0 aliphatic carbocycles. The fraction of sp³-hybridized carbons (Fsp3) is 0.500. The third-order valence-corrected chi connectivity index (χ3v) is 9.40. The van der Waals surface area contributed by atoms with Crippen molar-refractivity contribution in [3.8, 4) is 11.6 Å². The van der Waals surface area contributed by atoms with Crippen LogP contribution >= 0.6 is 0 Å². The molecular weight excluding hydrogens is 580 g/mol. The SMILES string of the molecule is CCCC(F)(F)c1c(Oc2c(CC)c(C(=O)NCc3ccc([SH](=O)(C=O)CC)cn3)nn2C(C)(C)C)cncc1C(C)O. The van der Waals surface area contributed by atoms with E-state index < -0.39 is 45.4 Å². The molecule has 43 heavy (non-hydrogen) atoms. The van der Waals surface area contributed by atoms with Crippen LogP contribution in [0.2, 0.25) is 0 Å². The highest BCUT2D eigenvalue weighted by atomic mass is 32.2. The predicted octanol–water partition coefficient (Wildman–Crippen LogP) is 5.24. The summed E-state index contributed by atoms with van der Waals surface area (Å²) in [4.78, 5) is 33.3. The summed E-state index contributed by atoms with van der Waals surface area (Å²) in [5.74, 6) is -3.77. The zero-order valence-electron chi connectivity index (χ0n) is 25.6. The predicted molar refractivity (Wildman–Crippen MR) is 161 cm³/mol. The molecule has 0 aliphatic heterocycles. The van der Waals surface area contributed by atoms with E-state index >= 15 is 8.78 Å². The molecule has 0 fully saturated rings. The second-order valence-corrected chi connectivity index (χ2v) is 14.3. The Hall–Kier alpha value is -3.58. The van der Waals surface area contributed by atoms with Gasteiger partial charge in [0.1, 0.15) is 0 Å². The maximum absolute atomic E-state index is 15.4. The van der Waals surface area contributed by atoms with Crippen molar-refractivity contribution in [1.82, 2.24) is 25.1 Å². The first kappa shape index (κ1) is 33.9. The molecule has 3 aromatic rings. The molecule has 10 nitrogen and oxygen atoms in total. The number of carbonyl (C=O) groups is 2. The van der Waals surface area contributed by atoms with E-state index in [9.17, 15) is 18.9 Å². The first-order valence-electron chi connectivity index (χ1n) is 14.3. The van der Waals surface area contributed by atoms with Crippen molar-refractivity contribution in [3.63, 3.8) is 0 Å². The average molecular weight is 622 g/mol. The number of halogens is 2. The van der Waals surface area contributed by atoms with Crippen molar-refractivity contribution in [2.24, 2.45) is 0 Å². The largest absolute Gasteiger partial charge is 0.437 e. The summed E-state index contributed by atoms with van der Waals surface area (Å²) in [6.45, 7) is 12.0. The maximum atomic E-state index is 15.4. The Morgan fingerprint density at radius 2 is 1.88 bits per heavy atom. The van der Waals surface area contributed by atoms with Crippen LogP contribution in [0.15, 0.2) is 35.6 Å². The molecule has 0 spiro atoms. The minimum Gasteiger partial charge on any atom is -0.437 e. The number of aliphatic hydroxyl groups is 1. The van der Waals surface area contributed by atoms with E-state index in [0.717, 1.165) is 0 Å². The normalized spacial score (nSPS) is 13.4. The Morgan fingerprint density at radius 3 is 2.40 bits per heavy atom. The topological polar surface area (TPSA) is 136 Å². The molecule has 0 saturated carbocycles. The van der Waals surface area contributed by atoms with Crippen LogP contribution in [0.5, 0.6) is 11.6 Å². The molecular formula is C30H41F2N5O5S. The highest BCUT2D eigenvalue weighted by Gasteiger charge is 2.39. The van der Waals surface area contributed by atoms with Crippen molar-refractivity contribution in [2.75, 3.05) is 5.75 Å². The van der Waals surface area contributed by atoms with E-state index in [1.165, 1.54) is 30.2 Å². The molecule has 2 N–H and O–H groups in total. The van der Waals surface area contributed by atoms with E-state index in [4.69, 9.17) is 4.74 Å². The summed E-state index contributed by atoms with van der Waals surface area (Å²) in [5, 5.41) is 17.6. The maximum Gasteiger partial charge on any atom is 0.277 e. The van der Waals surface area contributed by atoms with Crippen LogP contribution in [0.1, 0.15) is 100 Å². The van der Waals surface area contributed by atoms with Crippen LogP contribution in [0.4, 0.5) is 8.78 Å². The van der Waals surface area contributed by atoms with Gasteiger partial charge in [0.25, 0.3) is 11.8 Å². The number of thiol groups is 1. The molecule has 1 unspecified atom stereocenters. The lowest BCUT2D eigenvalue weighted by Crippen LogP contribution is -2.27. The standard InChI is InChI=1S/C30H41F2N5O5S/c1-8-13-30(31,32)25-23(19(4)39)16-33-17-24(25)42-28-22(9-2)26(36-37(28)29(5,6)7)27(40)35-14-20-11-12-21(15-34-20)43(41,10-3)18-38/h11-12,15-19,39,43H,8-10,13-14H2,1-7H3,(H,35,40). The van der Waals surface area contributed by atoms with E-state index in [1.807, 2.05) is 20.8 Å². The van der Waals surface area contributed by atoms with E-state index in [0.29, 0.717) is 28.2 Å². The Kier molecular flexibility index (Phi) is 10.6. The molecule has 0 bridgehead atoms. The van der Waals surface area contributed by atoms with Gasteiger partial charge in [-0.2, -0.15) is 5.10 Å². The van der Waals surface area contributed by atoms with Crippen molar-refractivity contribution >= 4 is 21.5 Å². The number of nitrogens with one attached hydrogen (secondary N) is 1. The Bertz CT molecular complexity index is 1500. The van der Waals surface area contributed by atoms with Gasteiger partial charge in [0.2, 0.25) is 5.88 Å². The second kappa shape index (κ2) is 13.4. The number of hydrogen-bond acceptors (Lipinski definition) is 8. The van der Waals surface area contributed by atoms with Crippen molar-refractivity contribution in [2.45, 2.75) is 96.7 Å². The molecule has 1 amide bonds.